The van der Waals surface area contributed by atoms with E-state index in [0.717, 1.165) is 5.56 Å². The maximum atomic E-state index is 13.5. The van der Waals surface area contributed by atoms with E-state index in [9.17, 15) is 9.18 Å². The van der Waals surface area contributed by atoms with Crippen LogP contribution in [0.4, 0.5) is 4.39 Å². The monoisotopic (exact) mass is 301 g/mol. The molecular formula is C17H16FNO3. The van der Waals surface area contributed by atoms with Crippen LogP contribution in [-0.2, 0) is 11.2 Å². The van der Waals surface area contributed by atoms with Gasteiger partial charge in [0.25, 0.3) is 5.91 Å². The second-order valence-corrected chi connectivity index (χ2v) is 5.08. The van der Waals surface area contributed by atoms with Gasteiger partial charge in [-0.1, -0.05) is 30.3 Å². The molecule has 0 spiro atoms. The molecule has 0 aromatic heterocycles. The molecule has 1 atom stereocenters. The molecule has 1 aliphatic heterocycles. The van der Waals surface area contributed by atoms with Gasteiger partial charge >= 0.3 is 0 Å². The first-order chi connectivity index (χ1) is 10.7. The van der Waals surface area contributed by atoms with E-state index in [0.29, 0.717) is 24.5 Å². The number of nitrogens with one attached hydrogen (secondary N) is 1. The summed E-state index contributed by atoms with van der Waals surface area (Å²) in [5, 5.41) is 2.74. The summed E-state index contributed by atoms with van der Waals surface area (Å²) in [4.78, 5) is 11.7. The molecule has 2 aromatic carbocycles. The second-order valence-electron chi connectivity index (χ2n) is 5.08. The smallest absolute Gasteiger partial charge is 0.258 e. The van der Waals surface area contributed by atoms with Crippen molar-refractivity contribution in [1.29, 1.82) is 0 Å². The van der Waals surface area contributed by atoms with Gasteiger partial charge in [0, 0.05) is 12.0 Å². The Morgan fingerprint density at radius 3 is 2.82 bits per heavy atom. The largest absolute Gasteiger partial charge is 0.485 e. The Bertz CT molecular complexity index is 660. The molecule has 4 nitrogen and oxygen atoms in total. The van der Waals surface area contributed by atoms with Crippen molar-refractivity contribution in [3.05, 3.63) is 59.9 Å². The molecule has 1 aliphatic rings. The van der Waals surface area contributed by atoms with Crippen molar-refractivity contribution >= 4 is 5.91 Å². The third kappa shape index (κ3) is 3.36. The van der Waals surface area contributed by atoms with Crippen LogP contribution in [0.15, 0.2) is 48.5 Å². The van der Waals surface area contributed by atoms with Crippen molar-refractivity contribution in [3.8, 4) is 11.5 Å². The second kappa shape index (κ2) is 6.47. The van der Waals surface area contributed by atoms with Crippen LogP contribution in [0.5, 0.6) is 11.5 Å². The minimum atomic E-state index is -0.362. The highest BCUT2D eigenvalue weighted by Crippen LogP contribution is 2.30. The van der Waals surface area contributed by atoms with Crippen molar-refractivity contribution in [1.82, 2.24) is 5.32 Å². The highest BCUT2D eigenvalue weighted by molar-refractivity contribution is 5.77. The lowest BCUT2D eigenvalue weighted by atomic mass is 10.1. The Morgan fingerprint density at radius 2 is 2.05 bits per heavy atom. The molecule has 2 aromatic rings. The summed E-state index contributed by atoms with van der Waals surface area (Å²) < 4.78 is 24.4. The van der Waals surface area contributed by atoms with Gasteiger partial charge in [-0.3, -0.25) is 4.79 Å². The molecule has 5 heteroatoms. The molecule has 114 valence electrons. The quantitative estimate of drug-likeness (QED) is 0.922. The Kier molecular flexibility index (Phi) is 4.23. The number of benzene rings is 2. The summed E-state index contributed by atoms with van der Waals surface area (Å²) in [5.41, 5.74) is 0.833. The SMILES string of the molecule is O=C(COc1ccccc1)NCC1Cc2cccc(F)c2O1. The third-order valence-electron chi connectivity index (χ3n) is 3.42. The summed E-state index contributed by atoms with van der Waals surface area (Å²) in [6.45, 7) is 0.267. The van der Waals surface area contributed by atoms with Crippen LogP contribution in [0.3, 0.4) is 0 Å². The first-order valence-corrected chi connectivity index (χ1v) is 7.11. The Labute approximate surface area is 127 Å². The molecule has 0 radical (unpaired) electrons. The number of halogens is 1. The van der Waals surface area contributed by atoms with Crippen molar-refractivity contribution < 1.29 is 18.7 Å². The first-order valence-electron chi connectivity index (χ1n) is 7.11. The van der Waals surface area contributed by atoms with Crippen molar-refractivity contribution in [3.63, 3.8) is 0 Å². The molecule has 0 fully saturated rings. The fraction of sp³-hybridized carbons (Fsp3) is 0.235. The average molecular weight is 301 g/mol. The topological polar surface area (TPSA) is 47.6 Å². The van der Waals surface area contributed by atoms with Gasteiger partial charge in [0.2, 0.25) is 0 Å². The summed E-state index contributed by atoms with van der Waals surface area (Å²) in [5.74, 6) is 0.342. The number of carbonyl (C=O) groups is 1. The normalized spacial score (nSPS) is 15.8. The van der Waals surface area contributed by atoms with Gasteiger partial charge in [0.1, 0.15) is 11.9 Å². The molecule has 1 N–H and O–H groups in total. The van der Waals surface area contributed by atoms with Crippen molar-refractivity contribution in [2.75, 3.05) is 13.2 Å². The van der Waals surface area contributed by atoms with Gasteiger partial charge in [-0.15, -0.1) is 0 Å². The molecule has 0 saturated carbocycles. The molecule has 1 amide bonds. The third-order valence-corrected chi connectivity index (χ3v) is 3.42. The Hall–Kier alpha value is -2.56. The highest BCUT2D eigenvalue weighted by atomic mass is 19.1. The number of fused-ring (bicyclic) bond motifs is 1. The van der Waals surface area contributed by atoms with Crippen molar-refractivity contribution in [2.45, 2.75) is 12.5 Å². The lowest BCUT2D eigenvalue weighted by Crippen LogP contribution is -2.37. The van der Waals surface area contributed by atoms with Gasteiger partial charge in [0.15, 0.2) is 18.2 Å². The van der Waals surface area contributed by atoms with Crippen LogP contribution in [0.2, 0.25) is 0 Å². The maximum Gasteiger partial charge on any atom is 0.258 e. The van der Waals surface area contributed by atoms with E-state index < -0.39 is 0 Å². The highest BCUT2D eigenvalue weighted by Gasteiger charge is 2.25. The standard InChI is InChI=1S/C17H16FNO3/c18-15-8-4-5-12-9-14(22-17(12)15)10-19-16(20)11-21-13-6-2-1-3-7-13/h1-8,14H,9-11H2,(H,19,20). The van der Waals surface area contributed by atoms with E-state index >= 15 is 0 Å². The minimum absolute atomic E-state index is 0.0575. The van der Waals surface area contributed by atoms with E-state index in [1.165, 1.54) is 6.07 Å². The number of hydrogen-bond acceptors (Lipinski definition) is 3. The number of ether oxygens (including phenoxy) is 2. The Morgan fingerprint density at radius 1 is 1.23 bits per heavy atom. The lowest BCUT2D eigenvalue weighted by molar-refractivity contribution is -0.123. The van der Waals surface area contributed by atoms with Gasteiger partial charge in [0.05, 0.1) is 6.54 Å². The van der Waals surface area contributed by atoms with E-state index in [4.69, 9.17) is 9.47 Å². The maximum absolute atomic E-state index is 13.5. The zero-order valence-corrected chi connectivity index (χ0v) is 11.9. The van der Waals surface area contributed by atoms with Gasteiger partial charge in [-0.25, -0.2) is 4.39 Å². The fourth-order valence-corrected chi connectivity index (χ4v) is 2.36. The van der Waals surface area contributed by atoms with E-state index in [2.05, 4.69) is 5.32 Å². The lowest BCUT2D eigenvalue weighted by Gasteiger charge is -2.12. The number of amides is 1. The molecule has 1 heterocycles. The molecular weight excluding hydrogens is 285 g/mol. The predicted molar refractivity (Wildman–Crippen MR) is 79.5 cm³/mol. The van der Waals surface area contributed by atoms with Crippen LogP contribution in [0, 0.1) is 5.82 Å². The van der Waals surface area contributed by atoms with Crippen LogP contribution in [-0.4, -0.2) is 25.2 Å². The zero-order chi connectivity index (χ0) is 15.4. The summed E-state index contributed by atoms with van der Waals surface area (Å²) in [6, 6.07) is 14.0. The van der Waals surface area contributed by atoms with E-state index in [1.54, 1.807) is 18.2 Å². The van der Waals surface area contributed by atoms with Crippen LogP contribution >= 0.6 is 0 Å². The number of carbonyl (C=O) groups excluding carboxylic acids is 1. The Balaban J connectivity index is 1.44. The molecule has 3 rings (SSSR count). The van der Waals surface area contributed by atoms with Crippen LogP contribution < -0.4 is 14.8 Å². The number of rotatable bonds is 5. The minimum Gasteiger partial charge on any atom is -0.485 e. The zero-order valence-electron chi connectivity index (χ0n) is 11.9. The fourth-order valence-electron chi connectivity index (χ4n) is 2.36. The molecule has 1 unspecified atom stereocenters. The van der Waals surface area contributed by atoms with Gasteiger partial charge in [-0.05, 0) is 18.2 Å². The van der Waals surface area contributed by atoms with Gasteiger partial charge in [-0.2, -0.15) is 0 Å². The van der Waals surface area contributed by atoms with E-state index in [1.807, 2.05) is 24.3 Å². The number of para-hydroxylation sites is 2. The van der Waals surface area contributed by atoms with Crippen LogP contribution in [0.1, 0.15) is 5.56 Å². The summed E-state index contributed by atoms with van der Waals surface area (Å²) >= 11 is 0. The molecule has 0 saturated heterocycles. The summed E-state index contributed by atoms with van der Waals surface area (Å²) in [6.07, 6.45) is 0.347. The van der Waals surface area contributed by atoms with Crippen molar-refractivity contribution in [2.24, 2.45) is 0 Å². The molecule has 0 aliphatic carbocycles. The van der Waals surface area contributed by atoms with Crippen LogP contribution in [0.25, 0.3) is 0 Å². The summed E-state index contributed by atoms with van der Waals surface area (Å²) in [7, 11) is 0. The van der Waals surface area contributed by atoms with E-state index in [-0.39, 0.29) is 24.4 Å². The predicted octanol–water partition coefficient (Wildman–Crippen LogP) is 2.32. The molecule has 0 bridgehead atoms. The first kappa shape index (κ1) is 14.4. The molecule has 22 heavy (non-hydrogen) atoms. The number of hydrogen-bond donors (Lipinski definition) is 1. The average Bonchev–Trinajstić information content (AvgIpc) is 2.96. The van der Waals surface area contributed by atoms with Gasteiger partial charge < -0.3 is 14.8 Å².